The van der Waals surface area contributed by atoms with Crippen molar-refractivity contribution in [2.45, 2.75) is 25.9 Å². The molecule has 2 heterocycles. The average Bonchev–Trinajstić information content (AvgIpc) is 3.40. The van der Waals surface area contributed by atoms with E-state index >= 15 is 0 Å². The molecule has 2 aromatic carbocycles. The highest BCUT2D eigenvalue weighted by molar-refractivity contribution is 6.22. The zero-order valence-electron chi connectivity index (χ0n) is 18.0. The van der Waals surface area contributed by atoms with Gasteiger partial charge in [-0.15, -0.1) is 0 Å². The highest BCUT2D eigenvalue weighted by Gasteiger charge is 2.38. The second-order valence-corrected chi connectivity index (χ2v) is 7.87. The maximum absolute atomic E-state index is 12.7. The van der Waals surface area contributed by atoms with Gasteiger partial charge in [-0.05, 0) is 62.2 Å². The number of imide groups is 1. The molecule has 1 saturated heterocycles. The maximum Gasteiger partial charge on any atom is 0.338 e. The van der Waals surface area contributed by atoms with Crippen molar-refractivity contribution in [1.82, 2.24) is 4.90 Å². The molecule has 0 aliphatic carbocycles. The van der Waals surface area contributed by atoms with E-state index in [0.29, 0.717) is 17.9 Å². The van der Waals surface area contributed by atoms with Crippen molar-refractivity contribution in [3.8, 4) is 0 Å². The fraction of sp³-hybridized carbons (Fsp3) is 0.292. The van der Waals surface area contributed by atoms with Crippen LogP contribution in [0.3, 0.4) is 0 Å². The Morgan fingerprint density at radius 3 is 2.39 bits per heavy atom. The molecule has 9 heteroatoms. The molecule has 1 N–H and O–H groups in total. The Morgan fingerprint density at radius 1 is 1.03 bits per heavy atom. The van der Waals surface area contributed by atoms with Gasteiger partial charge in [-0.1, -0.05) is 0 Å². The van der Waals surface area contributed by atoms with Crippen molar-refractivity contribution in [2.24, 2.45) is 0 Å². The number of carbonyl (C=O) groups is 5. The van der Waals surface area contributed by atoms with E-state index in [-0.39, 0.29) is 35.1 Å². The minimum Gasteiger partial charge on any atom is -0.452 e. The van der Waals surface area contributed by atoms with Gasteiger partial charge in [0.15, 0.2) is 12.4 Å². The quantitative estimate of drug-likeness (QED) is 0.391. The van der Waals surface area contributed by atoms with E-state index in [1.165, 1.54) is 25.1 Å². The Hall–Kier alpha value is -3.85. The van der Waals surface area contributed by atoms with Crippen LogP contribution in [-0.4, -0.2) is 60.2 Å². The lowest BCUT2D eigenvalue weighted by Crippen LogP contribution is -2.36. The minimum absolute atomic E-state index is 0.0625. The van der Waals surface area contributed by atoms with Gasteiger partial charge >= 0.3 is 5.97 Å². The molecular formula is C24H22N2O7. The molecule has 4 rings (SSSR count). The van der Waals surface area contributed by atoms with Gasteiger partial charge in [-0.3, -0.25) is 24.1 Å². The molecular weight excluding hydrogens is 428 g/mol. The van der Waals surface area contributed by atoms with Gasteiger partial charge in [0.2, 0.25) is 0 Å². The normalized spacial score (nSPS) is 17.1. The summed E-state index contributed by atoms with van der Waals surface area (Å²) in [5.41, 5.74) is 1.38. The first-order valence-electron chi connectivity index (χ1n) is 10.5. The molecule has 0 spiro atoms. The molecule has 0 bridgehead atoms. The van der Waals surface area contributed by atoms with E-state index < -0.39 is 30.3 Å². The van der Waals surface area contributed by atoms with E-state index in [9.17, 15) is 24.0 Å². The minimum atomic E-state index is -0.794. The van der Waals surface area contributed by atoms with Crippen LogP contribution in [0.2, 0.25) is 0 Å². The lowest BCUT2D eigenvalue weighted by molar-refractivity contribution is -0.119. The number of anilines is 1. The summed E-state index contributed by atoms with van der Waals surface area (Å²) in [6.45, 7) is 1.69. The number of nitrogens with zero attached hydrogens (tertiary/aromatic N) is 1. The number of Topliss-reactive ketones (excluding diaryl/α,β-unsaturated/α-hetero) is 1. The summed E-state index contributed by atoms with van der Waals surface area (Å²) in [5.74, 6) is -2.34. The Balaban J connectivity index is 1.35. The number of ketones is 1. The molecule has 1 fully saturated rings. The predicted octanol–water partition coefficient (Wildman–Crippen LogP) is 2.46. The predicted molar refractivity (Wildman–Crippen MR) is 116 cm³/mol. The van der Waals surface area contributed by atoms with Crippen LogP contribution in [0, 0.1) is 0 Å². The van der Waals surface area contributed by atoms with Crippen molar-refractivity contribution in [3.05, 3.63) is 64.7 Å². The molecule has 1 atom stereocenters. The molecule has 3 amide bonds. The number of hydrogen-bond donors (Lipinski definition) is 1. The Labute approximate surface area is 189 Å². The van der Waals surface area contributed by atoms with Crippen LogP contribution >= 0.6 is 0 Å². The molecule has 33 heavy (non-hydrogen) atoms. The SMILES string of the molecule is CC(=O)c1ccc(NC(=O)COC(=O)c2ccc3c(c2)C(=O)N(C[C@@H]2CCCO2)C3=O)cc1. The third-order valence-corrected chi connectivity index (χ3v) is 5.53. The summed E-state index contributed by atoms with van der Waals surface area (Å²) in [6.07, 6.45) is 1.50. The average molecular weight is 450 g/mol. The summed E-state index contributed by atoms with van der Waals surface area (Å²) >= 11 is 0. The number of nitrogens with one attached hydrogen (secondary N) is 1. The van der Waals surface area contributed by atoms with Crippen LogP contribution in [0.5, 0.6) is 0 Å². The summed E-state index contributed by atoms with van der Waals surface area (Å²) < 4.78 is 10.6. The molecule has 9 nitrogen and oxygen atoms in total. The maximum atomic E-state index is 12.7. The Kier molecular flexibility index (Phi) is 6.32. The molecule has 2 aromatic rings. The zero-order chi connectivity index (χ0) is 23.5. The second kappa shape index (κ2) is 9.33. The van der Waals surface area contributed by atoms with Crippen LogP contribution in [0.25, 0.3) is 0 Å². The molecule has 0 aromatic heterocycles. The first-order chi connectivity index (χ1) is 15.8. The van der Waals surface area contributed by atoms with Crippen molar-refractivity contribution in [3.63, 3.8) is 0 Å². The number of hydrogen-bond acceptors (Lipinski definition) is 7. The topological polar surface area (TPSA) is 119 Å². The molecule has 2 aliphatic rings. The third-order valence-electron chi connectivity index (χ3n) is 5.53. The number of ether oxygens (including phenoxy) is 2. The smallest absolute Gasteiger partial charge is 0.338 e. The lowest BCUT2D eigenvalue weighted by Gasteiger charge is -2.17. The standard InChI is InChI=1S/C24H22N2O7/c1-14(27)15-4-7-17(8-5-15)25-21(28)13-33-24(31)16-6-9-19-20(11-16)23(30)26(22(19)29)12-18-3-2-10-32-18/h4-9,11,18H,2-3,10,12-13H2,1H3,(H,25,28)/t18-/m0/s1. The van der Waals surface area contributed by atoms with Gasteiger partial charge in [-0.2, -0.15) is 0 Å². The van der Waals surface area contributed by atoms with E-state index in [2.05, 4.69) is 5.32 Å². The number of rotatable bonds is 7. The number of benzene rings is 2. The fourth-order valence-corrected chi connectivity index (χ4v) is 3.78. The number of esters is 1. The van der Waals surface area contributed by atoms with E-state index in [1.807, 2.05) is 0 Å². The molecule has 0 unspecified atom stereocenters. The van der Waals surface area contributed by atoms with Crippen LogP contribution in [0.4, 0.5) is 5.69 Å². The van der Waals surface area contributed by atoms with Crippen molar-refractivity contribution in [2.75, 3.05) is 25.1 Å². The van der Waals surface area contributed by atoms with Crippen LogP contribution in [0.15, 0.2) is 42.5 Å². The van der Waals surface area contributed by atoms with Gasteiger partial charge < -0.3 is 14.8 Å². The fourth-order valence-electron chi connectivity index (χ4n) is 3.78. The summed E-state index contributed by atoms with van der Waals surface area (Å²) in [6, 6.07) is 10.4. The van der Waals surface area contributed by atoms with E-state index in [4.69, 9.17) is 9.47 Å². The van der Waals surface area contributed by atoms with Gasteiger partial charge in [0.05, 0.1) is 29.3 Å². The van der Waals surface area contributed by atoms with E-state index in [0.717, 1.165) is 17.7 Å². The lowest BCUT2D eigenvalue weighted by atomic mass is 10.1. The highest BCUT2D eigenvalue weighted by Crippen LogP contribution is 2.26. The largest absolute Gasteiger partial charge is 0.452 e. The first kappa shape index (κ1) is 22.3. The van der Waals surface area contributed by atoms with Crippen molar-refractivity contribution < 1.29 is 33.4 Å². The Morgan fingerprint density at radius 2 is 1.73 bits per heavy atom. The molecule has 170 valence electrons. The van der Waals surface area contributed by atoms with Gasteiger partial charge in [-0.25, -0.2) is 4.79 Å². The van der Waals surface area contributed by atoms with Crippen molar-refractivity contribution >= 4 is 35.2 Å². The van der Waals surface area contributed by atoms with E-state index in [1.54, 1.807) is 24.3 Å². The van der Waals surface area contributed by atoms with Gasteiger partial charge in [0.25, 0.3) is 17.7 Å². The zero-order valence-corrected chi connectivity index (χ0v) is 18.0. The second-order valence-electron chi connectivity index (χ2n) is 7.87. The van der Waals surface area contributed by atoms with Crippen LogP contribution in [-0.2, 0) is 14.3 Å². The number of amides is 3. The summed E-state index contributed by atoms with van der Waals surface area (Å²) in [7, 11) is 0. The van der Waals surface area contributed by atoms with Crippen molar-refractivity contribution in [1.29, 1.82) is 0 Å². The van der Waals surface area contributed by atoms with Gasteiger partial charge in [0, 0.05) is 17.9 Å². The summed E-state index contributed by atoms with van der Waals surface area (Å²) in [4.78, 5) is 62.2. The monoisotopic (exact) mass is 450 g/mol. The molecule has 0 saturated carbocycles. The molecule has 0 radical (unpaired) electrons. The van der Waals surface area contributed by atoms with Crippen LogP contribution in [0.1, 0.15) is 61.2 Å². The van der Waals surface area contributed by atoms with Crippen LogP contribution < -0.4 is 5.32 Å². The number of fused-ring (bicyclic) bond motifs is 1. The highest BCUT2D eigenvalue weighted by atomic mass is 16.5. The van der Waals surface area contributed by atoms with Gasteiger partial charge in [0.1, 0.15) is 0 Å². The summed E-state index contributed by atoms with van der Waals surface area (Å²) in [5, 5.41) is 2.56. The molecule has 2 aliphatic heterocycles. The Bertz CT molecular complexity index is 1130. The number of carbonyl (C=O) groups excluding carboxylic acids is 5. The first-order valence-corrected chi connectivity index (χ1v) is 10.5. The third kappa shape index (κ3) is 4.83.